The summed E-state index contributed by atoms with van der Waals surface area (Å²) in [5, 5.41) is 9.55. The Kier molecular flexibility index (Phi) is 36.1. The molecule has 256 valence electrons. The van der Waals surface area contributed by atoms with E-state index in [9.17, 15) is 9.90 Å². The first kappa shape index (κ1) is 42.3. The molecule has 4 heteroatoms. The molecule has 1 unspecified atom stereocenters. The van der Waals surface area contributed by atoms with E-state index in [4.69, 9.17) is 9.47 Å². The van der Waals surface area contributed by atoms with E-state index < -0.39 is 6.10 Å². The Morgan fingerprint density at radius 2 is 1.02 bits per heavy atom. The number of rotatable bonds is 34. The molecule has 0 bridgehead atoms. The van der Waals surface area contributed by atoms with Gasteiger partial charge in [0.1, 0.15) is 6.10 Å². The van der Waals surface area contributed by atoms with Crippen molar-refractivity contribution < 1.29 is 19.4 Å². The second kappa shape index (κ2) is 37.5. The molecule has 0 rings (SSSR count). The minimum Gasteiger partial charge on any atom is -0.457 e. The van der Waals surface area contributed by atoms with Gasteiger partial charge in [-0.3, -0.25) is 4.79 Å². The van der Waals surface area contributed by atoms with Crippen LogP contribution in [0.2, 0.25) is 0 Å². The molecule has 0 saturated heterocycles. The molecule has 0 spiro atoms. The first-order valence-electron chi connectivity index (χ1n) is 18.7. The smallest absolute Gasteiger partial charge is 0.306 e. The lowest BCUT2D eigenvalue weighted by Crippen LogP contribution is -2.27. The first-order valence-corrected chi connectivity index (χ1v) is 18.7. The van der Waals surface area contributed by atoms with Crippen LogP contribution in [0.15, 0.2) is 48.6 Å². The molecule has 0 radical (unpaired) electrons. The molecular weight excluding hydrogens is 544 g/mol. The molecule has 0 aliphatic rings. The average molecular weight is 617 g/mol. The lowest BCUT2D eigenvalue weighted by atomic mass is 10.0. The maximum absolute atomic E-state index is 12.1. The summed E-state index contributed by atoms with van der Waals surface area (Å²) in [6.07, 6.45) is 47.2. The molecule has 0 heterocycles. The maximum atomic E-state index is 12.1. The predicted molar refractivity (Wildman–Crippen MR) is 191 cm³/mol. The van der Waals surface area contributed by atoms with Crippen molar-refractivity contribution in [1.82, 2.24) is 0 Å². The monoisotopic (exact) mass is 617 g/mol. The lowest BCUT2D eigenvalue weighted by molar-refractivity contribution is -0.154. The van der Waals surface area contributed by atoms with Gasteiger partial charge in [-0.2, -0.15) is 0 Å². The molecule has 4 nitrogen and oxygen atoms in total. The second-order valence-electron chi connectivity index (χ2n) is 12.3. The summed E-state index contributed by atoms with van der Waals surface area (Å²) >= 11 is 0. The van der Waals surface area contributed by atoms with Gasteiger partial charge >= 0.3 is 5.97 Å². The van der Waals surface area contributed by atoms with E-state index in [1.165, 1.54) is 96.3 Å². The van der Waals surface area contributed by atoms with Crippen LogP contribution in [-0.2, 0) is 14.3 Å². The third-order valence-electron chi connectivity index (χ3n) is 7.92. The van der Waals surface area contributed by atoms with Crippen molar-refractivity contribution in [2.75, 3.05) is 19.8 Å². The molecule has 1 N–H and O–H groups in total. The van der Waals surface area contributed by atoms with E-state index in [0.29, 0.717) is 19.6 Å². The largest absolute Gasteiger partial charge is 0.457 e. The topological polar surface area (TPSA) is 55.8 Å². The highest BCUT2D eigenvalue weighted by Crippen LogP contribution is 2.13. The number of aliphatic hydroxyl groups excluding tert-OH is 1. The summed E-state index contributed by atoms with van der Waals surface area (Å²) in [6, 6.07) is 0. The second-order valence-corrected chi connectivity index (χ2v) is 12.3. The van der Waals surface area contributed by atoms with Gasteiger partial charge in [0.05, 0.1) is 13.2 Å². The Hall–Kier alpha value is -1.65. The van der Waals surface area contributed by atoms with Crippen molar-refractivity contribution in [1.29, 1.82) is 0 Å². The minimum absolute atomic E-state index is 0.177. The molecule has 0 saturated carbocycles. The number of aliphatic hydroxyl groups is 1. The van der Waals surface area contributed by atoms with Gasteiger partial charge in [-0.05, 0) is 51.4 Å². The lowest BCUT2D eigenvalue weighted by Gasteiger charge is -2.16. The van der Waals surface area contributed by atoms with Crippen molar-refractivity contribution in [3.8, 4) is 0 Å². The quantitative estimate of drug-likeness (QED) is 0.0444. The third kappa shape index (κ3) is 34.8. The van der Waals surface area contributed by atoms with Gasteiger partial charge in [0, 0.05) is 13.0 Å². The molecule has 0 aromatic rings. The Balaban J connectivity index is 3.49. The molecule has 0 aliphatic heterocycles. The fourth-order valence-electron chi connectivity index (χ4n) is 5.14. The van der Waals surface area contributed by atoms with Crippen LogP contribution in [0.25, 0.3) is 0 Å². The van der Waals surface area contributed by atoms with Crippen molar-refractivity contribution in [3.05, 3.63) is 48.6 Å². The highest BCUT2D eigenvalue weighted by molar-refractivity contribution is 5.69. The van der Waals surface area contributed by atoms with E-state index in [2.05, 4.69) is 62.5 Å². The van der Waals surface area contributed by atoms with Crippen molar-refractivity contribution >= 4 is 5.97 Å². The zero-order chi connectivity index (χ0) is 32.0. The van der Waals surface area contributed by atoms with Gasteiger partial charge in [0.25, 0.3) is 0 Å². The van der Waals surface area contributed by atoms with E-state index in [1.807, 2.05) is 0 Å². The van der Waals surface area contributed by atoms with Crippen LogP contribution < -0.4 is 0 Å². The molecule has 1 atom stereocenters. The first-order chi connectivity index (χ1) is 21.7. The summed E-state index contributed by atoms with van der Waals surface area (Å²) in [5.74, 6) is -0.215. The molecule has 0 fully saturated rings. The highest BCUT2D eigenvalue weighted by Gasteiger charge is 2.13. The van der Waals surface area contributed by atoms with Gasteiger partial charge in [-0.1, -0.05) is 165 Å². The van der Waals surface area contributed by atoms with Gasteiger partial charge in [0.2, 0.25) is 0 Å². The van der Waals surface area contributed by atoms with Crippen LogP contribution in [0.5, 0.6) is 0 Å². The van der Waals surface area contributed by atoms with Crippen molar-refractivity contribution in [2.45, 2.75) is 180 Å². The fraction of sp³-hybridized carbons (Fsp3) is 0.775. The van der Waals surface area contributed by atoms with E-state index in [-0.39, 0.29) is 12.6 Å². The number of hydrogen-bond acceptors (Lipinski definition) is 4. The molecule has 0 aliphatic carbocycles. The van der Waals surface area contributed by atoms with Gasteiger partial charge in [0.15, 0.2) is 0 Å². The van der Waals surface area contributed by atoms with E-state index in [0.717, 1.165) is 57.8 Å². The normalized spacial score (nSPS) is 12.9. The number of esters is 1. The van der Waals surface area contributed by atoms with E-state index >= 15 is 0 Å². The number of allylic oxidation sites excluding steroid dienone is 8. The van der Waals surface area contributed by atoms with Crippen LogP contribution in [0.3, 0.4) is 0 Å². The van der Waals surface area contributed by atoms with E-state index in [1.54, 1.807) is 0 Å². The van der Waals surface area contributed by atoms with Crippen LogP contribution in [-0.4, -0.2) is 37.0 Å². The van der Waals surface area contributed by atoms with Gasteiger partial charge in [-0.15, -0.1) is 0 Å². The van der Waals surface area contributed by atoms with Gasteiger partial charge < -0.3 is 14.6 Å². The van der Waals surface area contributed by atoms with Gasteiger partial charge in [-0.25, -0.2) is 0 Å². The van der Waals surface area contributed by atoms with Crippen molar-refractivity contribution in [2.24, 2.45) is 0 Å². The maximum Gasteiger partial charge on any atom is 0.306 e. The predicted octanol–water partition coefficient (Wildman–Crippen LogP) is 11.9. The molecular formula is C40H72O4. The summed E-state index contributed by atoms with van der Waals surface area (Å²) in [6.45, 7) is 5.22. The number of unbranched alkanes of at least 4 members (excludes halogenated alkanes) is 18. The molecule has 0 amide bonds. The molecule has 0 aromatic carbocycles. The Labute approximate surface area is 273 Å². The van der Waals surface area contributed by atoms with Crippen LogP contribution >= 0.6 is 0 Å². The number of carbonyl (C=O) groups is 1. The number of hydrogen-bond donors (Lipinski definition) is 1. The number of ether oxygens (including phenoxy) is 2. The number of carbonyl (C=O) groups excluding carboxylic acids is 1. The van der Waals surface area contributed by atoms with Crippen LogP contribution in [0.1, 0.15) is 174 Å². The standard InChI is InChI=1S/C40H72O4/c1-3-5-7-9-11-13-15-17-18-19-20-21-22-23-25-27-29-31-33-35-40(42)44-39(37-41)38-43-36-34-32-30-28-26-24-16-14-12-10-8-6-4-2/h5,7,11,13,17-18,20-21,39,41H,3-4,6,8-10,12,14-16,19,22-38H2,1-2H3/b7-5-,13-11-,18-17-,21-20-. The van der Waals surface area contributed by atoms with Crippen LogP contribution in [0.4, 0.5) is 0 Å². The SMILES string of the molecule is CC/C=C\C/C=C\C/C=C\C/C=C\CCCCCCCCC(=O)OC(CO)COCCCCCCCCCCCCCCC. The summed E-state index contributed by atoms with van der Waals surface area (Å²) in [5.41, 5.74) is 0. The molecule has 0 aromatic heterocycles. The third-order valence-corrected chi connectivity index (χ3v) is 7.92. The Bertz CT molecular complexity index is 693. The van der Waals surface area contributed by atoms with Crippen LogP contribution in [0, 0.1) is 0 Å². The zero-order valence-electron chi connectivity index (χ0n) is 29.2. The fourth-order valence-corrected chi connectivity index (χ4v) is 5.14. The van der Waals surface area contributed by atoms with Crippen molar-refractivity contribution in [3.63, 3.8) is 0 Å². The summed E-state index contributed by atoms with van der Waals surface area (Å²) < 4.78 is 11.1. The molecule has 44 heavy (non-hydrogen) atoms. The highest BCUT2D eigenvalue weighted by atomic mass is 16.6. The summed E-state index contributed by atoms with van der Waals surface area (Å²) in [7, 11) is 0. The Morgan fingerprint density at radius 1 is 0.568 bits per heavy atom. The Morgan fingerprint density at radius 3 is 1.55 bits per heavy atom. The summed E-state index contributed by atoms with van der Waals surface area (Å²) in [4.78, 5) is 12.1. The minimum atomic E-state index is -0.539. The zero-order valence-corrected chi connectivity index (χ0v) is 29.2. The average Bonchev–Trinajstić information content (AvgIpc) is 3.03.